The van der Waals surface area contributed by atoms with Gasteiger partial charge in [0.2, 0.25) is 0 Å². The molecule has 0 saturated heterocycles. The topological polar surface area (TPSA) is 40.5 Å². The maximum absolute atomic E-state index is 10.1. The molecule has 2 nitrogen and oxygen atoms in total. The van der Waals surface area contributed by atoms with E-state index in [1.807, 2.05) is 19.9 Å². The zero-order chi connectivity index (χ0) is 9.41. The Bertz CT molecular complexity index is 198. The van der Waals surface area contributed by atoms with Gasteiger partial charge in [-0.05, 0) is 26.7 Å². The van der Waals surface area contributed by atoms with Gasteiger partial charge in [-0.2, -0.15) is 0 Å². The van der Waals surface area contributed by atoms with Crippen LogP contribution < -0.4 is 0 Å². The molecule has 0 aliphatic heterocycles. The highest BCUT2D eigenvalue weighted by Gasteiger charge is 2.55. The largest absolute Gasteiger partial charge is 0.393 e. The number of aliphatic hydroxyl groups excluding tert-OH is 1. The molecule has 2 N–H and O–H groups in total. The van der Waals surface area contributed by atoms with Gasteiger partial charge in [-0.25, -0.2) is 0 Å². The molecule has 0 spiro atoms. The third-order valence-electron chi connectivity index (χ3n) is 3.38. The van der Waals surface area contributed by atoms with Crippen molar-refractivity contribution in [3.63, 3.8) is 0 Å². The fraction of sp³-hybridized carbons (Fsp3) is 0.800. The van der Waals surface area contributed by atoms with Crippen LogP contribution in [0.15, 0.2) is 12.2 Å². The highest BCUT2D eigenvalue weighted by atomic mass is 16.3. The van der Waals surface area contributed by atoms with Crippen molar-refractivity contribution in [1.82, 2.24) is 0 Å². The number of hydrogen-bond acceptors (Lipinski definition) is 2. The van der Waals surface area contributed by atoms with Gasteiger partial charge in [0, 0.05) is 5.41 Å². The third-order valence-corrected chi connectivity index (χ3v) is 3.38. The standard InChI is InChI=1S/C10H18O2/c1-4-5-10(12)7-6-9(10,3)8(2)11/h4-5,8,11-12H,6-7H2,1-3H3/b5-4+/t8-,9+,10-/m0/s1. The molecule has 0 aromatic carbocycles. The van der Waals surface area contributed by atoms with E-state index in [4.69, 9.17) is 0 Å². The van der Waals surface area contributed by atoms with Gasteiger partial charge in [0.15, 0.2) is 0 Å². The lowest BCUT2D eigenvalue weighted by atomic mass is 9.55. The summed E-state index contributed by atoms with van der Waals surface area (Å²) in [5, 5.41) is 19.6. The minimum absolute atomic E-state index is 0.348. The Morgan fingerprint density at radius 3 is 2.25 bits per heavy atom. The molecule has 0 heterocycles. The van der Waals surface area contributed by atoms with Crippen LogP contribution in [-0.2, 0) is 0 Å². The summed E-state index contributed by atoms with van der Waals surface area (Å²) in [5.74, 6) is 0. The first kappa shape index (κ1) is 9.75. The summed E-state index contributed by atoms with van der Waals surface area (Å²) in [6.07, 6.45) is 4.85. The fourth-order valence-electron chi connectivity index (χ4n) is 1.90. The minimum atomic E-state index is -0.782. The summed E-state index contributed by atoms with van der Waals surface area (Å²) < 4.78 is 0. The lowest BCUT2D eigenvalue weighted by molar-refractivity contribution is -0.171. The quantitative estimate of drug-likeness (QED) is 0.616. The summed E-state index contributed by atoms with van der Waals surface area (Å²) in [7, 11) is 0. The van der Waals surface area contributed by atoms with Crippen LogP contribution in [0.5, 0.6) is 0 Å². The summed E-state index contributed by atoms with van der Waals surface area (Å²) in [5.41, 5.74) is -1.13. The molecule has 0 aromatic heterocycles. The minimum Gasteiger partial charge on any atom is -0.393 e. The summed E-state index contributed by atoms with van der Waals surface area (Å²) >= 11 is 0. The highest BCUT2D eigenvalue weighted by Crippen LogP contribution is 2.52. The van der Waals surface area contributed by atoms with Crippen molar-refractivity contribution in [2.24, 2.45) is 5.41 Å². The molecular weight excluding hydrogens is 152 g/mol. The van der Waals surface area contributed by atoms with Gasteiger partial charge < -0.3 is 10.2 Å². The molecule has 1 aliphatic carbocycles. The second-order valence-electron chi connectivity index (χ2n) is 4.02. The van der Waals surface area contributed by atoms with E-state index >= 15 is 0 Å². The molecule has 1 fully saturated rings. The Hall–Kier alpha value is -0.340. The molecule has 1 saturated carbocycles. The molecule has 0 aromatic rings. The molecule has 0 bridgehead atoms. The Labute approximate surface area is 73.9 Å². The molecule has 2 heteroatoms. The fourth-order valence-corrected chi connectivity index (χ4v) is 1.90. The molecule has 0 unspecified atom stereocenters. The maximum Gasteiger partial charge on any atom is 0.0905 e. The van der Waals surface area contributed by atoms with E-state index in [1.165, 1.54) is 0 Å². The van der Waals surface area contributed by atoms with Crippen molar-refractivity contribution >= 4 is 0 Å². The van der Waals surface area contributed by atoms with E-state index in [2.05, 4.69) is 0 Å². The van der Waals surface area contributed by atoms with Crippen molar-refractivity contribution < 1.29 is 10.2 Å². The van der Waals surface area contributed by atoms with E-state index in [-0.39, 0.29) is 5.41 Å². The number of aliphatic hydroxyl groups is 2. The number of allylic oxidation sites excluding steroid dienone is 1. The Morgan fingerprint density at radius 1 is 1.42 bits per heavy atom. The van der Waals surface area contributed by atoms with Gasteiger partial charge in [0.05, 0.1) is 11.7 Å². The lowest BCUT2D eigenvalue weighted by Crippen LogP contribution is -2.59. The lowest BCUT2D eigenvalue weighted by Gasteiger charge is -2.54. The van der Waals surface area contributed by atoms with Crippen LogP contribution in [0.3, 0.4) is 0 Å². The predicted octanol–water partition coefficient (Wildman–Crippen LogP) is 1.47. The van der Waals surface area contributed by atoms with E-state index in [9.17, 15) is 10.2 Å². The van der Waals surface area contributed by atoms with Crippen molar-refractivity contribution in [1.29, 1.82) is 0 Å². The van der Waals surface area contributed by atoms with Crippen LogP contribution in [-0.4, -0.2) is 21.9 Å². The highest BCUT2D eigenvalue weighted by molar-refractivity contribution is 5.17. The molecular formula is C10H18O2. The smallest absolute Gasteiger partial charge is 0.0905 e. The Morgan fingerprint density at radius 2 is 2.00 bits per heavy atom. The molecule has 3 atom stereocenters. The van der Waals surface area contributed by atoms with Gasteiger partial charge in [0.25, 0.3) is 0 Å². The molecule has 0 radical (unpaired) electrons. The van der Waals surface area contributed by atoms with Crippen LogP contribution in [0.25, 0.3) is 0 Å². The van der Waals surface area contributed by atoms with Gasteiger partial charge in [-0.3, -0.25) is 0 Å². The first-order valence-corrected chi connectivity index (χ1v) is 4.50. The van der Waals surface area contributed by atoms with Crippen molar-refractivity contribution in [3.8, 4) is 0 Å². The zero-order valence-electron chi connectivity index (χ0n) is 8.04. The van der Waals surface area contributed by atoms with Gasteiger partial charge >= 0.3 is 0 Å². The van der Waals surface area contributed by atoms with Crippen molar-refractivity contribution in [2.45, 2.75) is 45.3 Å². The van der Waals surface area contributed by atoms with Crippen molar-refractivity contribution in [2.75, 3.05) is 0 Å². The van der Waals surface area contributed by atoms with E-state index < -0.39 is 11.7 Å². The Kier molecular flexibility index (Phi) is 2.32. The van der Waals surface area contributed by atoms with Crippen LogP contribution >= 0.6 is 0 Å². The van der Waals surface area contributed by atoms with E-state index in [0.29, 0.717) is 0 Å². The Balaban J connectivity index is 2.82. The monoisotopic (exact) mass is 170 g/mol. The van der Waals surface area contributed by atoms with Crippen LogP contribution in [0.2, 0.25) is 0 Å². The van der Waals surface area contributed by atoms with E-state index in [0.717, 1.165) is 12.8 Å². The summed E-state index contributed by atoms with van der Waals surface area (Å²) in [4.78, 5) is 0. The zero-order valence-corrected chi connectivity index (χ0v) is 8.04. The average Bonchev–Trinajstić information content (AvgIpc) is 2.01. The second kappa shape index (κ2) is 2.86. The first-order chi connectivity index (χ1) is 5.46. The van der Waals surface area contributed by atoms with Gasteiger partial charge in [-0.15, -0.1) is 0 Å². The van der Waals surface area contributed by atoms with Gasteiger partial charge in [-0.1, -0.05) is 19.1 Å². The summed E-state index contributed by atoms with van der Waals surface area (Å²) in [6.45, 7) is 5.56. The number of rotatable bonds is 2. The van der Waals surface area contributed by atoms with Crippen LogP contribution in [0, 0.1) is 5.41 Å². The first-order valence-electron chi connectivity index (χ1n) is 4.50. The third kappa shape index (κ3) is 1.10. The van der Waals surface area contributed by atoms with Crippen LogP contribution in [0.1, 0.15) is 33.6 Å². The number of hydrogen-bond donors (Lipinski definition) is 2. The molecule has 0 amide bonds. The SMILES string of the molecule is C/C=C/[C@]1(O)CC[C@]1(C)[C@H](C)O. The van der Waals surface area contributed by atoms with Crippen molar-refractivity contribution in [3.05, 3.63) is 12.2 Å². The predicted molar refractivity (Wildman–Crippen MR) is 48.8 cm³/mol. The normalized spacial score (nSPS) is 44.4. The molecule has 1 rings (SSSR count). The van der Waals surface area contributed by atoms with E-state index in [1.54, 1.807) is 13.0 Å². The van der Waals surface area contributed by atoms with Crippen LogP contribution in [0.4, 0.5) is 0 Å². The molecule has 1 aliphatic rings. The second-order valence-corrected chi connectivity index (χ2v) is 4.02. The maximum atomic E-state index is 10.1. The average molecular weight is 170 g/mol. The summed E-state index contributed by atoms with van der Waals surface area (Å²) in [6, 6.07) is 0. The van der Waals surface area contributed by atoms with Gasteiger partial charge in [0.1, 0.15) is 0 Å². The molecule has 70 valence electrons. The molecule has 12 heavy (non-hydrogen) atoms.